The molecule has 0 saturated carbocycles. The van der Waals surface area contributed by atoms with Crippen LogP contribution in [0.3, 0.4) is 0 Å². The number of esters is 1. The van der Waals surface area contributed by atoms with E-state index in [1.807, 2.05) is 18.2 Å². The van der Waals surface area contributed by atoms with Crippen molar-refractivity contribution in [1.82, 2.24) is 4.98 Å². The molecule has 29 heavy (non-hydrogen) atoms. The Balaban J connectivity index is 1.44. The lowest BCUT2D eigenvalue weighted by Gasteiger charge is -2.18. The lowest BCUT2D eigenvalue weighted by molar-refractivity contribution is -0.119. The summed E-state index contributed by atoms with van der Waals surface area (Å²) in [6.07, 6.45) is 3.18. The number of nitrogens with zero attached hydrogens (tertiary/aromatic N) is 1. The number of nitriles is 1. The molecule has 6 heteroatoms. The van der Waals surface area contributed by atoms with Crippen LogP contribution in [0, 0.1) is 17.2 Å². The minimum absolute atomic E-state index is 0.351. The van der Waals surface area contributed by atoms with Gasteiger partial charge in [0.2, 0.25) is 0 Å². The molecule has 0 bridgehead atoms. The van der Waals surface area contributed by atoms with E-state index < -0.39 is 18.5 Å². The number of anilines is 1. The van der Waals surface area contributed by atoms with Gasteiger partial charge in [-0.1, -0.05) is 19.1 Å². The summed E-state index contributed by atoms with van der Waals surface area (Å²) in [5, 5.41) is 12.7. The molecular weight excluding hydrogens is 366 g/mol. The maximum absolute atomic E-state index is 12.5. The molecule has 146 valence electrons. The lowest BCUT2D eigenvalue weighted by atomic mass is 9.87. The molecular formula is C23H21N3O3. The molecule has 0 aliphatic heterocycles. The second kappa shape index (κ2) is 7.80. The fourth-order valence-electron chi connectivity index (χ4n) is 3.81. The van der Waals surface area contributed by atoms with Gasteiger partial charge in [-0.05, 0) is 61.1 Å². The van der Waals surface area contributed by atoms with E-state index in [2.05, 4.69) is 17.2 Å². The molecule has 0 unspecified atom stereocenters. The number of hydrogen-bond acceptors (Lipinski definition) is 4. The van der Waals surface area contributed by atoms with E-state index in [1.165, 1.54) is 17.7 Å². The number of fused-ring (bicyclic) bond motifs is 3. The highest BCUT2D eigenvalue weighted by Crippen LogP contribution is 2.32. The molecule has 1 heterocycles. The average molecular weight is 387 g/mol. The van der Waals surface area contributed by atoms with Crippen LogP contribution in [0.15, 0.2) is 42.5 Å². The molecule has 1 atom stereocenters. The standard InChI is InChI=1S/C23H21N3O3/c1-14-6-8-20-17(10-14)18-11-15(7-9-21(18)25-20)23(28)29-13-22(27)26-19-5-3-2-4-16(19)12-24/h2-5,7,9,11,14,25H,6,8,10,13H2,1H3,(H,26,27)/t14-/m0/s1. The van der Waals surface area contributed by atoms with Gasteiger partial charge in [-0.15, -0.1) is 0 Å². The highest BCUT2D eigenvalue weighted by Gasteiger charge is 2.21. The van der Waals surface area contributed by atoms with Crippen molar-refractivity contribution < 1.29 is 14.3 Å². The van der Waals surface area contributed by atoms with Crippen LogP contribution in [0.5, 0.6) is 0 Å². The fourth-order valence-corrected chi connectivity index (χ4v) is 3.81. The zero-order valence-electron chi connectivity index (χ0n) is 16.1. The number of ether oxygens (including phenoxy) is 1. The lowest BCUT2D eigenvalue weighted by Crippen LogP contribution is -2.21. The van der Waals surface area contributed by atoms with Crippen LogP contribution in [0.1, 0.15) is 40.5 Å². The van der Waals surface area contributed by atoms with Crippen molar-refractivity contribution in [2.75, 3.05) is 11.9 Å². The summed E-state index contributed by atoms with van der Waals surface area (Å²) in [6, 6.07) is 14.1. The van der Waals surface area contributed by atoms with Gasteiger partial charge in [-0.3, -0.25) is 4.79 Å². The Hall–Kier alpha value is -3.59. The predicted octanol–water partition coefficient (Wildman–Crippen LogP) is 3.96. The van der Waals surface area contributed by atoms with E-state index in [1.54, 1.807) is 30.3 Å². The zero-order valence-corrected chi connectivity index (χ0v) is 16.1. The number of aryl methyl sites for hydroxylation is 1. The first kappa shape index (κ1) is 18.8. The molecule has 6 nitrogen and oxygen atoms in total. The van der Waals surface area contributed by atoms with Gasteiger partial charge in [0.25, 0.3) is 5.91 Å². The van der Waals surface area contributed by atoms with Gasteiger partial charge < -0.3 is 15.0 Å². The van der Waals surface area contributed by atoms with Gasteiger partial charge in [0, 0.05) is 16.6 Å². The molecule has 4 rings (SSSR count). The summed E-state index contributed by atoms with van der Waals surface area (Å²) in [6.45, 7) is 1.82. The predicted molar refractivity (Wildman–Crippen MR) is 110 cm³/mol. The summed E-state index contributed by atoms with van der Waals surface area (Å²) in [5.41, 5.74) is 4.71. The highest BCUT2D eigenvalue weighted by atomic mass is 16.5. The maximum Gasteiger partial charge on any atom is 0.338 e. The molecule has 1 aliphatic carbocycles. The maximum atomic E-state index is 12.5. The molecule has 0 radical (unpaired) electrons. The summed E-state index contributed by atoms with van der Waals surface area (Å²) in [7, 11) is 0. The Morgan fingerprint density at radius 3 is 2.93 bits per heavy atom. The first-order valence-corrected chi connectivity index (χ1v) is 9.64. The van der Waals surface area contributed by atoms with Gasteiger partial charge in [-0.2, -0.15) is 5.26 Å². The summed E-state index contributed by atoms with van der Waals surface area (Å²) in [4.78, 5) is 28.0. The smallest absolute Gasteiger partial charge is 0.338 e. The number of hydrogen-bond donors (Lipinski definition) is 2. The third-order valence-electron chi connectivity index (χ3n) is 5.33. The quantitative estimate of drug-likeness (QED) is 0.663. The number of benzene rings is 2. The summed E-state index contributed by atoms with van der Waals surface area (Å²) in [5.74, 6) is -0.415. The van der Waals surface area contributed by atoms with Gasteiger partial charge in [0.15, 0.2) is 6.61 Å². The van der Waals surface area contributed by atoms with Crippen LogP contribution in [-0.4, -0.2) is 23.5 Å². The van der Waals surface area contributed by atoms with Crippen molar-refractivity contribution in [3.05, 3.63) is 64.8 Å². The van der Waals surface area contributed by atoms with Crippen LogP contribution in [0.2, 0.25) is 0 Å². The first-order valence-electron chi connectivity index (χ1n) is 9.64. The summed E-state index contributed by atoms with van der Waals surface area (Å²) < 4.78 is 5.18. The third kappa shape index (κ3) is 3.85. The largest absolute Gasteiger partial charge is 0.452 e. The second-order valence-corrected chi connectivity index (χ2v) is 7.47. The monoisotopic (exact) mass is 387 g/mol. The van der Waals surface area contributed by atoms with Crippen molar-refractivity contribution in [2.24, 2.45) is 5.92 Å². The number of amides is 1. The normalized spacial score (nSPS) is 15.4. The van der Waals surface area contributed by atoms with E-state index in [-0.39, 0.29) is 0 Å². The van der Waals surface area contributed by atoms with E-state index in [0.717, 1.165) is 23.7 Å². The third-order valence-corrected chi connectivity index (χ3v) is 5.33. The van der Waals surface area contributed by atoms with E-state index in [4.69, 9.17) is 10.00 Å². The van der Waals surface area contributed by atoms with E-state index in [0.29, 0.717) is 22.7 Å². The van der Waals surface area contributed by atoms with Crippen molar-refractivity contribution in [1.29, 1.82) is 5.26 Å². The zero-order chi connectivity index (χ0) is 20.4. The van der Waals surface area contributed by atoms with E-state index in [9.17, 15) is 9.59 Å². The Bertz CT molecular complexity index is 1140. The van der Waals surface area contributed by atoms with Gasteiger partial charge in [0.1, 0.15) is 6.07 Å². The number of H-pyrrole nitrogens is 1. The Morgan fingerprint density at radius 2 is 2.10 bits per heavy atom. The molecule has 1 aromatic heterocycles. The fraction of sp³-hybridized carbons (Fsp3) is 0.261. The molecule has 3 aromatic rings. The van der Waals surface area contributed by atoms with Gasteiger partial charge in [0.05, 0.1) is 16.8 Å². The Morgan fingerprint density at radius 1 is 1.28 bits per heavy atom. The SMILES string of the molecule is C[C@H]1CCc2[nH]c3ccc(C(=O)OCC(=O)Nc4ccccc4C#N)cc3c2C1. The molecule has 2 N–H and O–H groups in total. The number of carbonyl (C=O) groups is 2. The van der Waals surface area contributed by atoms with Crippen LogP contribution >= 0.6 is 0 Å². The molecule has 1 aliphatic rings. The average Bonchev–Trinajstić information content (AvgIpc) is 3.09. The molecule has 1 amide bonds. The molecule has 2 aromatic carbocycles. The molecule has 0 saturated heterocycles. The number of para-hydroxylation sites is 1. The molecule has 0 spiro atoms. The van der Waals surface area contributed by atoms with E-state index >= 15 is 0 Å². The van der Waals surface area contributed by atoms with Crippen molar-refractivity contribution in [3.8, 4) is 6.07 Å². The van der Waals surface area contributed by atoms with Gasteiger partial charge >= 0.3 is 5.97 Å². The van der Waals surface area contributed by atoms with Crippen LogP contribution in [0.4, 0.5) is 5.69 Å². The second-order valence-electron chi connectivity index (χ2n) is 7.47. The Kier molecular flexibility index (Phi) is 5.05. The molecule has 0 fully saturated rings. The minimum Gasteiger partial charge on any atom is -0.452 e. The topological polar surface area (TPSA) is 95.0 Å². The van der Waals surface area contributed by atoms with Crippen LogP contribution in [0.25, 0.3) is 10.9 Å². The van der Waals surface area contributed by atoms with Crippen LogP contribution in [-0.2, 0) is 22.4 Å². The van der Waals surface area contributed by atoms with Crippen molar-refractivity contribution in [3.63, 3.8) is 0 Å². The van der Waals surface area contributed by atoms with Crippen molar-refractivity contribution in [2.45, 2.75) is 26.2 Å². The van der Waals surface area contributed by atoms with Crippen LogP contribution < -0.4 is 5.32 Å². The highest BCUT2D eigenvalue weighted by molar-refractivity contribution is 5.98. The Labute approximate surface area is 168 Å². The van der Waals surface area contributed by atoms with Gasteiger partial charge in [-0.25, -0.2) is 4.79 Å². The number of rotatable bonds is 4. The number of carbonyl (C=O) groups excluding carboxylic acids is 2. The number of nitrogens with one attached hydrogen (secondary N) is 2. The first-order chi connectivity index (χ1) is 14.0. The minimum atomic E-state index is -0.547. The number of aromatic nitrogens is 1. The number of aromatic amines is 1. The van der Waals surface area contributed by atoms with Crippen molar-refractivity contribution >= 4 is 28.5 Å². The summed E-state index contributed by atoms with van der Waals surface area (Å²) >= 11 is 0.